The summed E-state index contributed by atoms with van der Waals surface area (Å²) in [6.45, 7) is 6.44. The van der Waals surface area contributed by atoms with E-state index < -0.39 is 0 Å². The number of aryl methyl sites for hydroxylation is 1. The molecule has 0 fully saturated rings. The molecule has 0 aliphatic rings. The molecule has 0 aliphatic carbocycles. The SMILES string of the molecule is CCCCc1ccc(NC(=O)COc2cccc(C(C)C)c2)c(Br)c1. The van der Waals surface area contributed by atoms with E-state index in [4.69, 9.17) is 4.74 Å². The fourth-order valence-electron chi connectivity index (χ4n) is 2.50. The predicted molar refractivity (Wildman–Crippen MR) is 107 cm³/mol. The van der Waals surface area contributed by atoms with E-state index in [1.807, 2.05) is 24.3 Å². The number of hydrogen-bond acceptors (Lipinski definition) is 2. The van der Waals surface area contributed by atoms with Gasteiger partial charge in [-0.1, -0.05) is 45.4 Å². The molecule has 4 heteroatoms. The van der Waals surface area contributed by atoms with Gasteiger partial charge < -0.3 is 10.1 Å². The molecular weight excluding hydrogens is 378 g/mol. The molecule has 0 aromatic heterocycles. The highest BCUT2D eigenvalue weighted by molar-refractivity contribution is 9.10. The van der Waals surface area contributed by atoms with Crippen LogP contribution in [-0.4, -0.2) is 12.5 Å². The van der Waals surface area contributed by atoms with E-state index in [2.05, 4.69) is 60.2 Å². The van der Waals surface area contributed by atoms with Crippen LogP contribution in [0.2, 0.25) is 0 Å². The largest absolute Gasteiger partial charge is 0.484 e. The number of ether oxygens (including phenoxy) is 1. The van der Waals surface area contributed by atoms with Crippen molar-refractivity contribution in [2.24, 2.45) is 0 Å². The van der Waals surface area contributed by atoms with Crippen LogP contribution in [0.4, 0.5) is 5.69 Å². The quantitative estimate of drug-likeness (QED) is 0.592. The highest BCUT2D eigenvalue weighted by atomic mass is 79.9. The van der Waals surface area contributed by atoms with Gasteiger partial charge in [0.2, 0.25) is 0 Å². The molecule has 0 aliphatic heterocycles. The van der Waals surface area contributed by atoms with E-state index in [-0.39, 0.29) is 12.5 Å². The summed E-state index contributed by atoms with van der Waals surface area (Å²) in [5.74, 6) is 0.979. The third-order valence-corrected chi connectivity index (χ3v) is 4.68. The van der Waals surface area contributed by atoms with Crippen LogP contribution >= 0.6 is 15.9 Å². The Morgan fingerprint density at radius 1 is 1.20 bits per heavy atom. The third-order valence-electron chi connectivity index (χ3n) is 4.02. The molecule has 0 atom stereocenters. The van der Waals surface area contributed by atoms with Crippen molar-refractivity contribution in [1.29, 1.82) is 0 Å². The van der Waals surface area contributed by atoms with Crippen molar-refractivity contribution in [2.45, 2.75) is 46.0 Å². The second-order valence-electron chi connectivity index (χ2n) is 6.48. The normalized spacial score (nSPS) is 10.8. The van der Waals surface area contributed by atoms with Gasteiger partial charge in [-0.25, -0.2) is 0 Å². The number of benzene rings is 2. The summed E-state index contributed by atoms with van der Waals surface area (Å²) in [6.07, 6.45) is 3.39. The van der Waals surface area contributed by atoms with Crippen LogP contribution in [0, 0.1) is 0 Å². The number of carbonyl (C=O) groups is 1. The maximum Gasteiger partial charge on any atom is 0.262 e. The van der Waals surface area contributed by atoms with Crippen molar-refractivity contribution >= 4 is 27.5 Å². The van der Waals surface area contributed by atoms with Crippen LogP contribution in [0.25, 0.3) is 0 Å². The Morgan fingerprint density at radius 2 is 2.00 bits per heavy atom. The van der Waals surface area contributed by atoms with Crippen LogP contribution in [-0.2, 0) is 11.2 Å². The molecule has 134 valence electrons. The Bertz CT molecular complexity index is 713. The first-order valence-corrected chi connectivity index (χ1v) is 9.60. The van der Waals surface area contributed by atoms with E-state index in [9.17, 15) is 4.79 Å². The Morgan fingerprint density at radius 3 is 2.68 bits per heavy atom. The van der Waals surface area contributed by atoms with Gasteiger partial charge in [-0.2, -0.15) is 0 Å². The summed E-state index contributed by atoms with van der Waals surface area (Å²) in [4.78, 5) is 12.2. The van der Waals surface area contributed by atoms with Crippen LogP contribution in [0.1, 0.15) is 50.7 Å². The van der Waals surface area contributed by atoms with Crippen LogP contribution < -0.4 is 10.1 Å². The smallest absolute Gasteiger partial charge is 0.262 e. The molecule has 2 aromatic rings. The molecule has 0 saturated carbocycles. The number of halogens is 1. The van der Waals surface area contributed by atoms with Crippen molar-refractivity contribution in [3.63, 3.8) is 0 Å². The maximum absolute atomic E-state index is 12.2. The molecule has 0 unspecified atom stereocenters. The zero-order valence-corrected chi connectivity index (χ0v) is 16.7. The molecule has 2 rings (SSSR count). The molecule has 25 heavy (non-hydrogen) atoms. The standard InChI is InChI=1S/C21H26BrNO2/c1-4-5-7-16-10-11-20(19(22)12-16)23-21(24)14-25-18-9-6-8-17(13-18)15(2)3/h6,8-13,15H,4-5,7,14H2,1-3H3,(H,23,24). The fourth-order valence-corrected chi connectivity index (χ4v) is 3.02. The molecule has 0 saturated heterocycles. The maximum atomic E-state index is 12.2. The van der Waals surface area contributed by atoms with Gasteiger partial charge in [0.1, 0.15) is 5.75 Å². The number of unbranched alkanes of at least 4 members (excludes halogenated alkanes) is 1. The Labute approximate surface area is 158 Å². The first-order chi connectivity index (χ1) is 12.0. The fraction of sp³-hybridized carbons (Fsp3) is 0.381. The van der Waals surface area contributed by atoms with E-state index in [0.29, 0.717) is 5.92 Å². The summed E-state index contributed by atoms with van der Waals surface area (Å²) >= 11 is 3.53. The lowest BCUT2D eigenvalue weighted by molar-refractivity contribution is -0.118. The highest BCUT2D eigenvalue weighted by Gasteiger charge is 2.08. The summed E-state index contributed by atoms with van der Waals surface area (Å²) in [6, 6.07) is 13.9. The molecule has 1 N–H and O–H groups in total. The average Bonchev–Trinajstić information content (AvgIpc) is 2.60. The summed E-state index contributed by atoms with van der Waals surface area (Å²) in [7, 11) is 0. The molecule has 1 amide bonds. The summed E-state index contributed by atoms with van der Waals surface area (Å²) in [5.41, 5.74) is 3.24. The molecule has 0 heterocycles. The summed E-state index contributed by atoms with van der Waals surface area (Å²) < 4.78 is 6.52. The van der Waals surface area contributed by atoms with Crippen LogP contribution in [0.3, 0.4) is 0 Å². The zero-order chi connectivity index (χ0) is 18.2. The monoisotopic (exact) mass is 403 g/mol. The van der Waals surface area contributed by atoms with E-state index in [1.165, 1.54) is 24.0 Å². The average molecular weight is 404 g/mol. The molecule has 0 spiro atoms. The Kier molecular flexibility index (Phi) is 7.51. The first-order valence-electron chi connectivity index (χ1n) is 8.80. The van der Waals surface area contributed by atoms with E-state index in [1.54, 1.807) is 0 Å². The number of amides is 1. The van der Waals surface area contributed by atoms with Gasteiger partial charge in [-0.05, 0) is 70.1 Å². The predicted octanol–water partition coefficient (Wildman–Crippen LogP) is 5.93. The number of carbonyl (C=O) groups excluding carboxylic acids is 1. The van der Waals surface area contributed by atoms with Crippen molar-refractivity contribution in [2.75, 3.05) is 11.9 Å². The third kappa shape index (κ3) is 6.20. The van der Waals surface area contributed by atoms with E-state index >= 15 is 0 Å². The Balaban J connectivity index is 1.91. The minimum atomic E-state index is -0.169. The minimum Gasteiger partial charge on any atom is -0.484 e. The molecule has 0 radical (unpaired) electrons. The van der Waals surface area contributed by atoms with Gasteiger partial charge in [-0.15, -0.1) is 0 Å². The van der Waals surface area contributed by atoms with Crippen molar-refractivity contribution in [3.05, 3.63) is 58.1 Å². The van der Waals surface area contributed by atoms with Crippen LogP contribution in [0.5, 0.6) is 5.75 Å². The number of anilines is 1. The number of rotatable bonds is 8. The molecule has 0 bridgehead atoms. The first kappa shape index (κ1) is 19.5. The lowest BCUT2D eigenvalue weighted by atomic mass is 10.0. The van der Waals surface area contributed by atoms with Crippen molar-refractivity contribution < 1.29 is 9.53 Å². The van der Waals surface area contributed by atoms with Gasteiger partial charge in [0.15, 0.2) is 6.61 Å². The van der Waals surface area contributed by atoms with Crippen molar-refractivity contribution in [3.8, 4) is 5.75 Å². The number of hydrogen-bond donors (Lipinski definition) is 1. The van der Waals surface area contributed by atoms with Gasteiger partial charge in [0, 0.05) is 4.47 Å². The molecule has 2 aromatic carbocycles. The van der Waals surface area contributed by atoms with Crippen LogP contribution in [0.15, 0.2) is 46.9 Å². The van der Waals surface area contributed by atoms with Gasteiger partial charge in [-0.3, -0.25) is 4.79 Å². The van der Waals surface area contributed by atoms with Gasteiger partial charge >= 0.3 is 0 Å². The highest BCUT2D eigenvalue weighted by Crippen LogP contribution is 2.25. The lowest BCUT2D eigenvalue weighted by Crippen LogP contribution is -2.20. The molecule has 3 nitrogen and oxygen atoms in total. The van der Waals surface area contributed by atoms with Gasteiger partial charge in [0.25, 0.3) is 5.91 Å². The van der Waals surface area contributed by atoms with E-state index in [0.717, 1.165) is 22.3 Å². The lowest BCUT2D eigenvalue weighted by Gasteiger charge is -2.11. The van der Waals surface area contributed by atoms with Crippen molar-refractivity contribution in [1.82, 2.24) is 0 Å². The topological polar surface area (TPSA) is 38.3 Å². The number of nitrogens with one attached hydrogen (secondary N) is 1. The molecular formula is C21H26BrNO2. The Hall–Kier alpha value is -1.81. The van der Waals surface area contributed by atoms with Gasteiger partial charge in [0.05, 0.1) is 5.69 Å². The minimum absolute atomic E-state index is 0.00836. The second kappa shape index (κ2) is 9.62. The second-order valence-corrected chi connectivity index (χ2v) is 7.34. The zero-order valence-electron chi connectivity index (χ0n) is 15.1. The summed E-state index contributed by atoms with van der Waals surface area (Å²) in [5, 5.41) is 2.89.